The van der Waals surface area contributed by atoms with Crippen LogP contribution in [0.2, 0.25) is 0 Å². The van der Waals surface area contributed by atoms with Crippen LogP contribution >= 0.6 is 0 Å². The summed E-state index contributed by atoms with van der Waals surface area (Å²) < 4.78 is 0. The molecule has 1 aromatic rings. The summed E-state index contributed by atoms with van der Waals surface area (Å²) in [5.74, 6) is 0.422. The van der Waals surface area contributed by atoms with Gasteiger partial charge in [-0.3, -0.25) is 14.4 Å². The first-order valence-electron chi connectivity index (χ1n) is 9.47. The van der Waals surface area contributed by atoms with E-state index in [1.165, 1.54) is 5.56 Å². The topological polar surface area (TPSA) is 69.7 Å². The molecule has 0 radical (unpaired) electrons. The number of carbonyl (C=O) groups excluding carboxylic acids is 3. The highest BCUT2D eigenvalue weighted by Crippen LogP contribution is 2.20. The minimum Gasteiger partial charge on any atom is -0.344 e. The van der Waals surface area contributed by atoms with Crippen molar-refractivity contribution < 1.29 is 14.4 Å². The first-order chi connectivity index (χ1) is 12.5. The van der Waals surface area contributed by atoms with Gasteiger partial charge in [0.05, 0.1) is 0 Å². The van der Waals surface area contributed by atoms with Gasteiger partial charge in [-0.2, -0.15) is 0 Å². The van der Waals surface area contributed by atoms with Gasteiger partial charge < -0.3 is 15.1 Å². The highest BCUT2D eigenvalue weighted by Gasteiger charge is 2.33. The lowest BCUT2D eigenvalue weighted by molar-refractivity contribution is -0.135. The van der Waals surface area contributed by atoms with Crippen LogP contribution in [-0.2, 0) is 9.59 Å². The number of carbonyl (C=O) groups is 3. The molecule has 0 aliphatic carbocycles. The van der Waals surface area contributed by atoms with E-state index in [1.54, 1.807) is 9.80 Å². The molecule has 6 heteroatoms. The molecule has 140 valence electrons. The smallest absolute Gasteiger partial charge is 0.253 e. The second kappa shape index (κ2) is 7.89. The molecule has 2 fully saturated rings. The lowest BCUT2D eigenvalue weighted by atomic mass is 9.97. The zero-order valence-corrected chi connectivity index (χ0v) is 15.5. The first-order valence-corrected chi connectivity index (χ1v) is 9.47. The molecule has 2 saturated heterocycles. The molecule has 2 unspecified atom stereocenters. The Balaban J connectivity index is 1.55. The van der Waals surface area contributed by atoms with Gasteiger partial charge in [0.25, 0.3) is 5.91 Å². The van der Waals surface area contributed by atoms with Crippen molar-refractivity contribution in [2.45, 2.75) is 45.1 Å². The second-order valence-corrected chi connectivity index (χ2v) is 7.21. The van der Waals surface area contributed by atoms with Crippen LogP contribution in [0.3, 0.4) is 0 Å². The fourth-order valence-electron chi connectivity index (χ4n) is 3.52. The number of amides is 3. The molecule has 2 aliphatic rings. The minimum absolute atomic E-state index is 0.0157. The van der Waals surface area contributed by atoms with E-state index < -0.39 is 6.04 Å². The first kappa shape index (κ1) is 18.4. The Morgan fingerprint density at radius 1 is 1.12 bits per heavy atom. The second-order valence-electron chi connectivity index (χ2n) is 7.21. The zero-order chi connectivity index (χ0) is 18.7. The molecule has 0 aromatic heterocycles. The maximum atomic E-state index is 12.7. The number of benzene rings is 1. The summed E-state index contributed by atoms with van der Waals surface area (Å²) in [6, 6.07) is 7.47. The van der Waals surface area contributed by atoms with Gasteiger partial charge in [0.15, 0.2) is 0 Å². The average Bonchev–Trinajstić information content (AvgIpc) is 3.13. The third kappa shape index (κ3) is 3.89. The molecule has 2 atom stereocenters. The highest BCUT2D eigenvalue weighted by molar-refractivity contribution is 5.95. The van der Waals surface area contributed by atoms with E-state index in [2.05, 4.69) is 19.2 Å². The maximum Gasteiger partial charge on any atom is 0.253 e. The van der Waals surface area contributed by atoms with Gasteiger partial charge in [0, 0.05) is 38.2 Å². The van der Waals surface area contributed by atoms with Gasteiger partial charge in [-0.05, 0) is 36.5 Å². The highest BCUT2D eigenvalue weighted by atomic mass is 16.2. The van der Waals surface area contributed by atoms with Crippen molar-refractivity contribution in [2.24, 2.45) is 0 Å². The summed E-state index contributed by atoms with van der Waals surface area (Å²) >= 11 is 0. The summed E-state index contributed by atoms with van der Waals surface area (Å²) in [5, 5.41) is 2.72. The van der Waals surface area contributed by atoms with E-state index in [9.17, 15) is 14.4 Å². The number of nitrogens with one attached hydrogen (secondary N) is 1. The molecule has 0 spiro atoms. The van der Waals surface area contributed by atoms with E-state index in [1.807, 2.05) is 24.3 Å². The molecule has 2 aliphatic heterocycles. The Labute approximate surface area is 154 Å². The SMILES string of the molecule is CCC(C)c1ccc(C(=O)N2CCN(C(=O)C3CCC(=O)N3)CC2)cc1. The summed E-state index contributed by atoms with van der Waals surface area (Å²) in [6.07, 6.45) is 2.06. The van der Waals surface area contributed by atoms with E-state index >= 15 is 0 Å². The molecule has 3 rings (SSSR count). The lowest BCUT2D eigenvalue weighted by Crippen LogP contribution is -2.54. The summed E-state index contributed by atoms with van der Waals surface area (Å²) in [4.78, 5) is 40.0. The van der Waals surface area contributed by atoms with Crippen LogP contribution in [0.4, 0.5) is 0 Å². The Morgan fingerprint density at radius 2 is 1.73 bits per heavy atom. The van der Waals surface area contributed by atoms with Crippen molar-refractivity contribution in [2.75, 3.05) is 26.2 Å². The van der Waals surface area contributed by atoms with Crippen molar-refractivity contribution in [3.8, 4) is 0 Å². The number of piperazine rings is 1. The molecular weight excluding hydrogens is 330 g/mol. The van der Waals surface area contributed by atoms with Crippen LogP contribution < -0.4 is 5.32 Å². The molecule has 2 heterocycles. The monoisotopic (exact) mass is 357 g/mol. The van der Waals surface area contributed by atoms with Crippen molar-refractivity contribution in [3.05, 3.63) is 35.4 Å². The molecule has 1 aromatic carbocycles. The molecule has 1 N–H and O–H groups in total. The molecular formula is C20H27N3O3. The van der Waals surface area contributed by atoms with Gasteiger partial charge in [0.1, 0.15) is 6.04 Å². The van der Waals surface area contributed by atoms with Crippen molar-refractivity contribution >= 4 is 17.7 Å². The van der Waals surface area contributed by atoms with Crippen LogP contribution in [0.5, 0.6) is 0 Å². The molecule has 0 bridgehead atoms. The van der Waals surface area contributed by atoms with Crippen LogP contribution in [0.1, 0.15) is 54.9 Å². The van der Waals surface area contributed by atoms with Crippen LogP contribution in [-0.4, -0.2) is 59.7 Å². The minimum atomic E-state index is -0.391. The fraction of sp³-hybridized carbons (Fsp3) is 0.550. The van der Waals surface area contributed by atoms with E-state index in [4.69, 9.17) is 0 Å². The van der Waals surface area contributed by atoms with Gasteiger partial charge in [-0.15, -0.1) is 0 Å². The van der Waals surface area contributed by atoms with Crippen molar-refractivity contribution in [3.63, 3.8) is 0 Å². The number of hydrogen-bond acceptors (Lipinski definition) is 3. The lowest BCUT2D eigenvalue weighted by Gasteiger charge is -2.36. The van der Waals surface area contributed by atoms with Crippen LogP contribution in [0.15, 0.2) is 24.3 Å². The van der Waals surface area contributed by atoms with Crippen molar-refractivity contribution in [1.82, 2.24) is 15.1 Å². The van der Waals surface area contributed by atoms with E-state index in [0.717, 1.165) is 6.42 Å². The standard InChI is InChI=1S/C20H27N3O3/c1-3-14(2)15-4-6-16(7-5-15)19(25)22-10-12-23(13-11-22)20(26)17-8-9-18(24)21-17/h4-7,14,17H,3,8-13H2,1-2H3,(H,21,24). The predicted molar refractivity (Wildman–Crippen MR) is 98.8 cm³/mol. The average molecular weight is 357 g/mol. The van der Waals surface area contributed by atoms with Gasteiger partial charge in [-0.1, -0.05) is 26.0 Å². The molecule has 3 amide bonds. The summed E-state index contributed by atoms with van der Waals surface area (Å²) in [5.41, 5.74) is 1.94. The van der Waals surface area contributed by atoms with E-state index in [0.29, 0.717) is 50.5 Å². The maximum absolute atomic E-state index is 12.7. The Bertz CT molecular complexity index is 678. The normalized spacial score (nSPS) is 21.5. The third-order valence-corrected chi connectivity index (χ3v) is 5.51. The van der Waals surface area contributed by atoms with Gasteiger partial charge in [-0.25, -0.2) is 0 Å². The Kier molecular flexibility index (Phi) is 5.59. The van der Waals surface area contributed by atoms with Crippen molar-refractivity contribution in [1.29, 1.82) is 0 Å². The van der Waals surface area contributed by atoms with E-state index in [-0.39, 0.29) is 17.7 Å². The molecule has 26 heavy (non-hydrogen) atoms. The third-order valence-electron chi connectivity index (χ3n) is 5.51. The zero-order valence-electron chi connectivity index (χ0n) is 15.5. The molecule has 6 nitrogen and oxygen atoms in total. The summed E-state index contributed by atoms with van der Waals surface area (Å²) in [7, 11) is 0. The Hall–Kier alpha value is -2.37. The van der Waals surface area contributed by atoms with Gasteiger partial charge >= 0.3 is 0 Å². The Morgan fingerprint density at radius 3 is 2.27 bits per heavy atom. The number of rotatable bonds is 4. The van der Waals surface area contributed by atoms with Crippen LogP contribution in [0, 0.1) is 0 Å². The van der Waals surface area contributed by atoms with Gasteiger partial charge in [0.2, 0.25) is 11.8 Å². The summed E-state index contributed by atoms with van der Waals surface area (Å²) in [6.45, 7) is 6.42. The largest absolute Gasteiger partial charge is 0.344 e. The number of hydrogen-bond donors (Lipinski definition) is 1. The quantitative estimate of drug-likeness (QED) is 0.893. The predicted octanol–water partition coefficient (Wildman–Crippen LogP) is 1.76. The molecule has 0 saturated carbocycles. The number of nitrogens with zero attached hydrogens (tertiary/aromatic N) is 2. The van der Waals surface area contributed by atoms with Crippen LogP contribution in [0.25, 0.3) is 0 Å². The fourth-order valence-corrected chi connectivity index (χ4v) is 3.52.